The van der Waals surface area contributed by atoms with Gasteiger partial charge >= 0.3 is 0 Å². The Hall–Kier alpha value is -1.62. The second kappa shape index (κ2) is 5.82. The van der Waals surface area contributed by atoms with Crippen molar-refractivity contribution in [2.24, 2.45) is 0 Å². The standard InChI is InChI=1S/C13H19N3O2/c1-9-5-6-12(17)11(16-9)8-15-10-4-2-3-7-14-13(10)18/h5-6,10,15,17H,2-4,7-8H2,1H3,(H,14,18)/t10-/m1/s1. The van der Waals surface area contributed by atoms with E-state index in [0.29, 0.717) is 12.2 Å². The van der Waals surface area contributed by atoms with Gasteiger partial charge in [-0.15, -0.1) is 0 Å². The van der Waals surface area contributed by atoms with E-state index in [1.807, 2.05) is 6.92 Å². The number of rotatable bonds is 3. The molecule has 1 aliphatic rings. The fourth-order valence-electron chi connectivity index (χ4n) is 2.09. The van der Waals surface area contributed by atoms with E-state index in [0.717, 1.165) is 31.5 Å². The van der Waals surface area contributed by atoms with Crippen LogP contribution in [0.3, 0.4) is 0 Å². The average molecular weight is 249 g/mol. The number of carbonyl (C=O) groups is 1. The van der Waals surface area contributed by atoms with Crippen LogP contribution in [0, 0.1) is 6.92 Å². The minimum Gasteiger partial charge on any atom is -0.506 e. The molecule has 1 amide bonds. The average Bonchev–Trinajstić information content (AvgIpc) is 2.55. The zero-order valence-electron chi connectivity index (χ0n) is 10.6. The number of amides is 1. The predicted octanol–water partition coefficient (Wildman–Crippen LogP) is 0.854. The molecule has 1 aliphatic heterocycles. The summed E-state index contributed by atoms with van der Waals surface area (Å²) in [6.45, 7) is 3.04. The molecule has 1 atom stereocenters. The first kappa shape index (κ1) is 12.8. The largest absolute Gasteiger partial charge is 0.506 e. The summed E-state index contributed by atoms with van der Waals surface area (Å²) in [4.78, 5) is 16.0. The van der Waals surface area contributed by atoms with Gasteiger partial charge in [0, 0.05) is 18.8 Å². The van der Waals surface area contributed by atoms with Crippen LogP contribution in [0.15, 0.2) is 12.1 Å². The third-order valence-corrected chi connectivity index (χ3v) is 3.14. The summed E-state index contributed by atoms with van der Waals surface area (Å²) < 4.78 is 0. The number of aryl methyl sites for hydroxylation is 1. The number of carbonyl (C=O) groups excluding carboxylic acids is 1. The summed E-state index contributed by atoms with van der Waals surface area (Å²) in [6, 6.07) is 3.21. The molecule has 1 aromatic rings. The molecular formula is C13H19N3O2. The summed E-state index contributed by atoms with van der Waals surface area (Å²) >= 11 is 0. The Bertz CT molecular complexity index is 434. The molecule has 2 heterocycles. The Kier molecular flexibility index (Phi) is 4.15. The Labute approximate surface area is 107 Å². The number of nitrogens with one attached hydrogen (secondary N) is 2. The molecule has 0 aliphatic carbocycles. The van der Waals surface area contributed by atoms with Gasteiger partial charge in [-0.2, -0.15) is 0 Å². The van der Waals surface area contributed by atoms with Crippen LogP contribution in [0.2, 0.25) is 0 Å². The number of aromatic hydroxyl groups is 1. The second-order valence-corrected chi connectivity index (χ2v) is 4.64. The van der Waals surface area contributed by atoms with Gasteiger partial charge in [-0.3, -0.25) is 9.78 Å². The van der Waals surface area contributed by atoms with E-state index in [-0.39, 0.29) is 17.7 Å². The maximum Gasteiger partial charge on any atom is 0.237 e. The van der Waals surface area contributed by atoms with Crippen LogP contribution < -0.4 is 10.6 Å². The van der Waals surface area contributed by atoms with Crippen LogP contribution in [0.1, 0.15) is 30.7 Å². The van der Waals surface area contributed by atoms with Gasteiger partial charge in [0.15, 0.2) is 0 Å². The van der Waals surface area contributed by atoms with E-state index in [1.165, 1.54) is 0 Å². The molecule has 0 aromatic carbocycles. The first-order valence-electron chi connectivity index (χ1n) is 6.33. The zero-order chi connectivity index (χ0) is 13.0. The summed E-state index contributed by atoms with van der Waals surface area (Å²) in [5.74, 6) is 0.210. The van der Waals surface area contributed by atoms with Crippen LogP contribution in [-0.4, -0.2) is 28.6 Å². The van der Waals surface area contributed by atoms with Gasteiger partial charge in [-0.1, -0.05) is 0 Å². The highest BCUT2D eigenvalue weighted by molar-refractivity contribution is 5.81. The molecule has 5 nitrogen and oxygen atoms in total. The van der Waals surface area contributed by atoms with Crippen molar-refractivity contribution in [1.29, 1.82) is 0 Å². The van der Waals surface area contributed by atoms with Crippen molar-refractivity contribution < 1.29 is 9.90 Å². The molecule has 2 rings (SSSR count). The molecule has 0 unspecified atom stereocenters. The molecule has 1 fully saturated rings. The van der Waals surface area contributed by atoms with Gasteiger partial charge in [0.2, 0.25) is 5.91 Å². The highest BCUT2D eigenvalue weighted by Crippen LogP contribution is 2.15. The van der Waals surface area contributed by atoms with Gasteiger partial charge in [-0.25, -0.2) is 0 Å². The Morgan fingerprint density at radius 1 is 1.50 bits per heavy atom. The van der Waals surface area contributed by atoms with Gasteiger partial charge in [0.05, 0.1) is 11.7 Å². The molecule has 1 aromatic heterocycles. The third-order valence-electron chi connectivity index (χ3n) is 3.14. The van der Waals surface area contributed by atoms with Crippen molar-refractivity contribution in [2.75, 3.05) is 6.54 Å². The predicted molar refractivity (Wildman–Crippen MR) is 68.1 cm³/mol. The third kappa shape index (κ3) is 3.20. The number of pyridine rings is 1. The molecule has 3 N–H and O–H groups in total. The summed E-state index contributed by atoms with van der Waals surface area (Å²) in [6.07, 6.45) is 2.89. The molecule has 0 bridgehead atoms. The van der Waals surface area contributed by atoms with E-state index < -0.39 is 0 Å². The first-order valence-corrected chi connectivity index (χ1v) is 6.33. The van der Waals surface area contributed by atoms with Crippen LogP contribution in [0.25, 0.3) is 0 Å². The lowest BCUT2D eigenvalue weighted by Gasteiger charge is -2.15. The Balaban J connectivity index is 1.97. The molecule has 0 spiro atoms. The Morgan fingerprint density at radius 3 is 3.17 bits per heavy atom. The van der Waals surface area contributed by atoms with E-state index in [1.54, 1.807) is 12.1 Å². The maximum atomic E-state index is 11.7. The highest BCUT2D eigenvalue weighted by Gasteiger charge is 2.20. The minimum atomic E-state index is -0.186. The summed E-state index contributed by atoms with van der Waals surface area (Å²) in [5.41, 5.74) is 1.45. The minimum absolute atomic E-state index is 0.0413. The summed E-state index contributed by atoms with van der Waals surface area (Å²) in [7, 11) is 0. The van der Waals surface area contributed by atoms with Crippen LogP contribution in [-0.2, 0) is 11.3 Å². The van der Waals surface area contributed by atoms with E-state index >= 15 is 0 Å². The number of hydrogen-bond donors (Lipinski definition) is 3. The van der Waals surface area contributed by atoms with Gasteiger partial charge in [-0.05, 0) is 38.3 Å². The van der Waals surface area contributed by atoms with Gasteiger partial charge < -0.3 is 15.7 Å². The number of hydrogen-bond acceptors (Lipinski definition) is 4. The topological polar surface area (TPSA) is 74.2 Å². The van der Waals surface area contributed by atoms with Gasteiger partial charge in [0.25, 0.3) is 0 Å². The summed E-state index contributed by atoms with van der Waals surface area (Å²) in [5, 5.41) is 15.7. The number of aromatic nitrogens is 1. The molecule has 98 valence electrons. The fourth-order valence-corrected chi connectivity index (χ4v) is 2.09. The van der Waals surface area contributed by atoms with Crippen LogP contribution >= 0.6 is 0 Å². The van der Waals surface area contributed by atoms with Crippen molar-refractivity contribution in [1.82, 2.24) is 15.6 Å². The van der Waals surface area contributed by atoms with Crippen molar-refractivity contribution in [3.05, 3.63) is 23.5 Å². The number of nitrogens with zero attached hydrogens (tertiary/aromatic N) is 1. The lowest BCUT2D eigenvalue weighted by molar-refractivity contribution is -0.122. The molecule has 5 heteroatoms. The van der Waals surface area contributed by atoms with Crippen LogP contribution in [0.4, 0.5) is 0 Å². The van der Waals surface area contributed by atoms with Crippen LogP contribution in [0.5, 0.6) is 5.75 Å². The SMILES string of the molecule is Cc1ccc(O)c(CN[C@@H]2CCCCNC2=O)n1. The van der Waals surface area contributed by atoms with Crippen molar-refractivity contribution in [3.8, 4) is 5.75 Å². The Morgan fingerprint density at radius 2 is 2.33 bits per heavy atom. The molecule has 0 radical (unpaired) electrons. The fraction of sp³-hybridized carbons (Fsp3) is 0.538. The molecule has 1 saturated heterocycles. The quantitative estimate of drug-likeness (QED) is 0.742. The molecular weight excluding hydrogens is 230 g/mol. The highest BCUT2D eigenvalue weighted by atomic mass is 16.3. The lowest BCUT2D eigenvalue weighted by Crippen LogP contribution is -2.42. The lowest BCUT2D eigenvalue weighted by atomic mass is 10.1. The van der Waals surface area contributed by atoms with Crippen molar-refractivity contribution in [3.63, 3.8) is 0 Å². The van der Waals surface area contributed by atoms with Crippen molar-refractivity contribution in [2.45, 2.75) is 38.8 Å². The maximum absolute atomic E-state index is 11.7. The molecule has 0 saturated carbocycles. The van der Waals surface area contributed by atoms with Crippen molar-refractivity contribution >= 4 is 5.91 Å². The normalized spacial score (nSPS) is 20.3. The second-order valence-electron chi connectivity index (χ2n) is 4.64. The monoisotopic (exact) mass is 249 g/mol. The van der Waals surface area contributed by atoms with E-state index in [2.05, 4.69) is 15.6 Å². The molecule has 18 heavy (non-hydrogen) atoms. The smallest absolute Gasteiger partial charge is 0.237 e. The first-order chi connectivity index (χ1) is 8.66. The van der Waals surface area contributed by atoms with E-state index in [9.17, 15) is 9.90 Å². The van der Waals surface area contributed by atoms with Gasteiger partial charge in [0.1, 0.15) is 5.75 Å². The van der Waals surface area contributed by atoms with E-state index in [4.69, 9.17) is 0 Å². The zero-order valence-corrected chi connectivity index (χ0v) is 10.6.